The lowest BCUT2D eigenvalue weighted by Crippen LogP contribution is -2.26. The molecule has 1 aromatic carbocycles. The van der Waals surface area contributed by atoms with Crippen LogP contribution < -0.4 is 5.32 Å². The Labute approximate surface area is 126 Å². The van der Waals surface area contributed by atoms with Gasteiger partial charge < -0.3 is 10.4 Å². The van der Waals surface area contributed by atoms with Crippen molar-refractivity contribution >= 4 is 34.5 Å². The summed E-state index contributed by atoms with van der Waals surface area (Å²) in [4.78, 5) is 22.2. The van der Waals surface area contributed by atoms with Gasteiger partial charge in [0.25, 0.3) is 0 Å². The number of nitrogens with one attached hydrogen (secondary N) is 1. The van der Waals surface area contributed by atoms with Crippen molar-refractivity contribution in [3.05, 3.63) is 35.4 Å². The molecular formula is C14H15N3O3S. The summed E-state index contributed by atoms with van der Waals surface area (Å²) in [5, 5.41) is 19.0. The van der Waals surface area contributed by atoms with Crippen LogP contribution in [0.5, 0.6) is 0 Å². The summed E-state index contributed by atoms with van der Waals surface area (Å²) < 4.78 is 0. The summed E-state index contributed by atoms with van der Waals surface area (Å²) in [6.45, 7) is 3.83. The Morgan fingerprint density at radius 1 is 1.38 bits per heavy atom. The van der Waals surface area contributed by atoms with Crippen LogP contribution in [0, 0.1) is 6.92 Å². The van der Waals surface area contributed by atoms with Crippen molar-refractivity contribution in [2.24, 2.45) is 10.2 Å². The minimum absolute atomic E-state index is 0.226. The highest BCUT2D eigenvalue weighted by atomic mass is 32.2. The highest BCUT2D eigenvalue weighted by Gasteiger charge is 2.32. The van der Waals surface area contributed by atoms with Crippen LogP contribution in [0.4, 0.5) is 0 Å². The molecule has 0 spiro atoms. The van der Waals surface area contributed by atoms with Gasteiger partial charge in [0.15, 0.2) is 5.17 Å². The van der Waals surface area contributed by atoms with Crippen LogP contribution in [-0.2, 0) is 9.59 Å². The third-order valence-electron chi connectivity index (χ3n) is 2.90. The van der Waals surface area contributed by atoms with Crippen LogP contribution in [0.1, 0.15) is 24.5 Å². The maximum Gasteiger partial charge on any atom is 0.305 e. The summed E-state index contributed by atoms with van der Waals surface area (Å²) >= 11 is 1.09. The molecule has 0 aromatic heterocycles. The number of carbonyl (C=O) groups excluding carboxylic acids is 1. The van der Waals surface area contributed by atoms with Gasteiger partial charge in [0.05, 0.1) is 12.1 Å². The fraction of sp³-hybridized carbons (Fsp3) is 0.286. The predicted molar refractivity (Wildman–Crippen MR) is 82.6 cm³/mol. The zero-order valence-electron chi connectivity index (χ0n) is 11.7. The van der Waals surface area contributed by atoms with Gasteiger partial charge in [0, 0.05) is 0 Å². The van der Waals surface area contributed by atoms with Gasteiger partial charge in [-0.05, 0) is 19.4 Å². The second-order valence-electron chi connectivity index (χ2n) is 4.65. The number of aryl methyl sites for hydroxylation is 1. The van der Waals surface area contributed by atoms with E-state index < -0.39 is 11.2 Å². The number of benzene rings is 1. The predicted octanol–water partition coefficient (Wildman–Crippen LogP) is 1.78. The van der Waals surface area contributed by atoms with Crippen molar-refractivity contribution in [1.82, 2.24) is 5.32 Å². The van der Waals surface area contributed by atoms with Gasteiger partial charge in [-0.15, -0.1) is 5.10 Å². The maximum atomic E-state index is 11.5. The van der Waals surface area contributed by atoms with E-state index in [1.807, 2.05) is 38.1 Å². The quantitative estimate of drug-likeness (QED) is 0.655. The third kappa shape index (κ3) is 4.16. The largest absolute Gasteiger partial charge is 0.481 e. The van der Waals surface area contributed by atoms with Crippen LogP contribution in [0.25, 0.3) is 0 Å². The number of amides is 1. The van der Waals surface area contributed by atoms with E-state index >= 15 is 0 Å². The van der Waals surface area contributed by atoms with Gasteiger partial charge in [-0.2, -0.15) is 5.10 Å². The molecular weight excluding hydrogens is 290 g/mol. The van der Waals surface area contributed by atoms with Crippen molar-refractivity contribution in [1.29, 1.82) is 0 Å². The van der Waals surface area contributed by atoms with E-state index in [-0.39, 0.29) is 12.3 Å². The highest BCUT2D eigenvalue weighted by molar-refractivity contribution is 8.15. The average Bonchev–Trinajstić information content (AvgIpc) is 2.77. The van der Waals surface area contributed by atoms with Crippen LogP contribution in [0.15, 0.2) is 34.5 Å². The zero-order valence-corrected chi connectivity index (χ0v) is 12.5. The third-order valence-corrected chi connectivity index (χ3v) is 3.97. The first-order valence-corrected chi connectivity index (χ1v) is 7.22. The van der Waals surface area contributed by atoms with Gasteiger partial charge >= 0.3 is 5.97 Å². The number of thioether (sulfide) groups is 1. The van der Waals surface area contributed by atoms with E-state index in [1.165, 1.54) is 0 Å². The molecule has 0 bridgehead atoms. The minimum atomic E-state index is -1.01. The lowest BCUT2D eigenvalue weighted by molar-refractivity contribution is -0.138. The molecule has 1 aromatic rings. The summed E-state index contributed by atoms with van der Waals surface area (Å²) in [7, 11) is 0. The number of hydrogen-bond donors (Lipinski definition) is 2. The summed E-state index contributed by atoms with van der Waals surface area (Å²) in [5.74, 6) is -1.35. The van der Waals surface area contributed by atoms with Crippen LogP contribution in [-0.4, -0.2) is 33.1 Å². The normalized spacial score (nSPS) is 20.7. The van der Waals surface area contributed by atoms with Crippen molar-refractivity contribution < 1.29 is 14.7 Å². The molecule has 0 saturated carbocycles. The number of carboxylic acids is 1. The Bertz CT molecular complexity index is 623. The van der Waals surface area contributed by atoms with E-state index in [2.05, 4.69) is 15.5 Å². The van der Waals surface area contributed by atoms with E-state index in [1.54, 1.807) is 0 Å². The second-order valence-corrected chi connectivity index (χ2v) is 5.84. The molecule has 2 N–H and O–H groups in total. The average molecular weight is 305 g/mol. The Morgan fingerprint density at radius 3 is 2.67 bits per heavy atom. The molecule has 7 heteroatoms. The van der Waals surface area contributed by atoms with Crippen molar-refractivity contribution in [2.75, 3.05) is 0 Å². The van der Waals surface area contributed by atoms with Crippen molar-refractivity contribution in [3.63, 3.8) is 0 Å². The molecule has 1 saturated heterocycles. The fourth-order valence-corrected chi connectivity index (χ4v) is 2.63. The number of carboxylic acid groups (broad SMARTS) is 1. The number of aliphatic carboxylic acids is 1. The van der Waals surface area contributed by atoms with Crippen LogP contribution in [0.2, 0.25) is 0 Å². The number of rotatable bonds is 4. The van der Waals surface area contributed by atoms with Gasteiger partial charge in [-0.25, -0.2) is 0 Å². The van der Waals surface area contributed by atoms with Crippen molar-refractivity contribution in [3.8, 4) is 0 Å². The van der Waals surface area contributed by atoms with Gasteiger partial charge in [-0.3, -0.25) is 9.59 Å². The second kappa shape index (κ2) is 6.53. The molecule has 1 aliphatic rings. The molecule has 21 heavy (non-hydrogen) atoms. The smallest absolute Gasteiger partial charge is 0.305 e. The molecule has 1 fully saturated rings. The van der Waals surface area contributed by atoms with E-state index in [9.17, 15) is 9.59 Å². The van der Waals surface area contributed by atoms with Gasteiger partial charge in [0.2, 0.25) is 5.91 Å². The lowest BCUT2D eigenvalue weighted by atomic mass is 10.1. The van der Waals surface area contributed by atoms with Crippen LogP contribution >= 0.6 is 11.8 Å². The molecule has 1 aliphatic heterocycles. The SMILES string of the molecule is C/C(=N\N=C1\NC(=O)[C@H](CC(=O)O)S1)c1ccc(C)cc1. The first-order chi connectivity index (χ1) is 9.95. The number of hydrogen-bond acceptors (Lipinski definition) is 5. The topological polar surface area (TPSA) is 91.1 Å². The lowest BCUT2D eigenvalue weighted by Gasteiger charge is -1.99. The first kappa shape index (κ1) is 15.2. The Hall–Kier alpha value is -2.15. The summed E-state index contributed by atoms with van der Waals surface area (Å²) in [6, 6.07) is 7.86. The molecule has 1 amide bonds. The minimum Gasteiger partial charge on any atom is -0.481 e. The van der Waals surface area contributed by atoms with E-state index in [0.717, 1.165) is 28.6 Å². The van der Waals surface area contributed by atoms with Crippen LogP contribution in [0.3, 0.4) is 0 Å². The standard InChI is InChI=1S/C14H15N3O3S/c1-8-3-5-10(6-4-8)9(2)16-17-14-15-13(20)11(21-14)7-12(18)19/h3-6,11H,7H2,1-2H3,(H,18,19)(H,15,17,20)/b16-9+/t11-/m0/s1. The fourth-order valence-electron chi connectivity index (χ4n) is 1.72. The number of carbonyl (C=O) groups is 2. The summed E-state index contributed by atoms with van der Waals surface area (Å²) in [6.07, 6.45) is -0.226. The molecule has 6 nitrogen and oxygen atoms in total. The van der Waals surface area contributed by atoms with Gasteiger partial charge in [0.1, 0.15) is 5.25 Å². The molecule has 0 unspecified atom stereocenters. The molecule has 1 heterocycles. The Morgan fingerprint density at radius 2 is 2.05 bits per heavy atom. The zero-order chi connectivity index (χ0) is 15.4. The maximum absolute atomic E-state index is 11.5. The molecule has 2 rings (SSSR count). The monoisotopic (exact) mass is 305 g/mol. The van der Waals surface area contributed by atoms with Crippen molar-refractivity contribution in [2.45, 2.75) is 25.5 Å². The molecule has 1 atom stereocenters. The molecule has 110 valence electrons. The Balaban J connectivity index is 2.07. The highest BCUT2D eigenvalue weighted by Crippen LogP contribution is 2.22. The van der Waals surface area contributed by atoms with Gasteiger partial charge in [-0.1, -0.05) is 41.6 Å². The summed E-state index contributed by atoms with van der Waals surface area (Å²) in [5.41, 5.74) is 2.83. The number of nitrogens with zero attached hydrogens (tertiary/aromatic N) is 2. The van der Waals surface area contributed by atoms with E-state index in [0.29, 0.717) is 5.17 Å². The Kier molecular flexibility index (Phi) is 4.74. The van der Waals surface area contributed by atoms with E-state index in [4.69, 9.17) is 5.11 Å². The molecule has 0 aliphatic carbocycles. The number of amidine groups is 1. The first-order valence-electron chi connectivity index (χ1n) is 6.34. The molecule has 0 radical (unpaired) electrons.